The van der Waals surface area contributed by atoms with Gasteiger partial charge in [0.25, 0.3) is 0 Å². The van der Waals surface area contributed by atoms with Gasteiger partial charge in [-0.2, -0.15) is 0 Å². The molecule has 9 aromatic carbocycles. The first-order valence-corrected chi connectivity index (χ1v) is 22.1. The molecule has 12 rings (SSSR count). The molecular formula is C56H43N2P. The van der Waals surface area contributed by atoms with Crippen molar-refractivity contribution in [2.45, 2.75) is 38.5 Å². The summed E-state index contributed by atoms with van der Waals surface area (Å²) in [5, 5.41) is 12.1. The third-order valence-corrected chi connectivity index (χ3v) is 16.2. The van der Waals surface area contributed by atoms with E-state index >= 15 is 0 Å². The molecule has 0 spiro atoms. The van der Waals surface area contributed by atoms with Crippen molar-refractivity contribution in [2.75, 3.05) is 9.80 Å². The maximum atomic E-state index is 2.56. The molecule has 10 aromatic rings. The first kappa shape index (κ1) is 34.4. The Morgan fingerprint density at radius 1 is 0.305 bits per heavy atom. The van der Waals surface area contributed by atoms with Crippen LogP contribution in [0.5, 0.6) is 0 Å². The fourth-order valence-electron chi connectivity index (χ4n) is 10.7. The number of benzene rings is 9. The smallest absolute Gasteiger partial charge is 0.0547 e. The molecule has 0 fully saturated rings. The molecule has 1 aromatic heterocycles. The Hall–Kier alpha value is -6.60. The average Bonchev–Trinajstić information content (AvgIpc) is 3.61. The van der Waals surface area contributed by atoms with E-state index in [2.05, 4.69) is 226 Å². The van der Waals surface area contributed by atoms with Crippen LogP contribution < -0.4 is 9.80 Å². The van der Waals surface area contributed by atoms with Crippen LogP contribution in [0.2, 0.25) is 0 Å². The van der Waals surface area contributed by atoms with Crippen molar-refractivity contribution in [3.05, 3.63) is 210 Å². The summed E-state index contributed by atoms with van der Waals surface area (Å²) in [6.07, 6.45) is 0. The summed E-state index contributed by atoms with van der Waals surface area (Å²) in [6.45, 7) is 9.49. The van der Waals surface area contributed by atoms with Crippen LogP contribution in [0.15, 0.2) is 188 Å². The van der Waals surface area contributed by atoms with E-state index in [0.29, 0.717) is 0 Å². The Kier molecular flexibility index (Phi) is 7.27. The van der Waals surface area contributed by atoms with Crippen molar-refractivity contribution in [3.63, 3.8) is 0 Å². The lowest BCUT2D eigenvalue weighted by Gasteiger charge is -2.42. The van der Waals surface area contributed by atoms with Gasteiger partial charge < -0.3 is 9.80 Å². The molecule has 0 saturated heterocycles. The van der Waals surface area contributed by atoms with Gasteiger partial charge in [0, 0.05) is 31.8 Å². The van der Waals surface area contributed by atoms with E-state index in [1.165, 1.54) is 104 Å². The van der Waals surface area contributed by atoms with E-state index in [1.54, 1.807) is 0 Å². The second kappa shape index (κ2) is 12.5. The van der Waals surface area contributed by atoms with Crippen LogP contribution >= 0.6 is 7.53 Å². The zero-order valence-corrected chi connectivity index (χ0v) is 34.6. The van der Waals surface area contributed by atoms with Gasteiger partial charge in [-0.25, -0.2) is 0 Å². The molecule has 0 amide bonds. The monoisotopic (exact) mass is 774 g/mol. The van der Waals surface area contributed by atoms with Crippen LogP contribution in [0, 0.1) is 0 Å². The second-order valence-corrected chi connectivity index (χ2v) is 19.4. The lowest BCUT2D eigenvalue weighted by Crippen LogP contribution is -2.30. The van der Waals surface area contributed by atoms with Gasteiger partial charge >= 0.3 is 0 Å². The molecular weight excluding hydrogens is 732 g/mol. The molecule has 0 saturated carbocycles. The Morgan fingerprint density at radius 3 is 0.983 bits per heavy atom. The number of para-hydroxylation sites is 4. The average molecular weight is 775 g/mol. The quantitative estimate of drug-likeness (QED) is 0.176. The number of hydrogen-bond acceptors (Lipinski definition) is 2. The predicted molar refractivity (Wildman–Crippen MR) is 254 cm³/mol. The molecule has 0 bridgehead atoms. The number of rotatable bonds is 3. The summed E-state index contributed by atoms with van der Waals surface area (Å²) in [5.41, 5.74) is 12.5. The molecule has 282 valence electrons. The van der Waals surface area contributed by atoms with Crippen LogP contribution in [0.3, 0.4) is 0 Å². The maximum absolute atomic E-state index is 2.56. The second-order valence-electron chi connectivity index (χ2n) is 17.3. The van der Waals surface area contributed by atoms with Crippen LogP contribution in [-0.4, -0.2) is 0 Å². The standard InChI is InChI=1S/C56H43N2P/c1-55(2)43-26-12-16-30-47(43)57(48-31-17-13-27-44(48)55)51-34-41-42-35-52(58-49-32-18-14-28-45(49)56(3,4)46-29-15-19-33-50(46)58)38-23-9-11-25-40(38)54(42)59(36-20-6-5-7-21-36)53(41)39-24-10-8-22-37(39)51/h5-35H,1-4H3. The largest absolute Gasteiger partial charge is 0.309 e. The number of fused-ring (bicyclic) bond motifs is 11. The zero-order chi connectivity index (χ0) is 39.6. The summed E-state index contributed by atoms with van der Waals surface area (Å²) >= 11 is 0. The van der Waals surface area contributed by atoms with Crippen molar-refractivity contribution in [1.82, 2.24) is 0 Å². The van der Waals surface area contributed by atoms with Gasteiger partial charge in [-0.1, -0.05) is 187 Å². The minimum absolute atomic E-state index is 0.145. The lowest BCUT2D eigenvalue weighted by atomic mass is 9.73. The van der Waals surface area contributed by atoms with Gasteiger partial charge in [0.1, 0.15) is 0 Å². The molecule has 3 heteroatoms. The van der Waals surface area contributed by atoms with Crippen molar-refractivity contribution in [3.8, 4) is 5.30 Å². The van der Waals surface area contributed by atoms with Gasteiger partial charge in [0.05, 0.1) is 34.1 Å². The van der Waals surface area contributed by atoms with E-state index in [9.17, 15) is 0 Å². The molecule has 0 atom stereocenters. The number of nitrogens with zero attached hydrogens (tertiary/aromatic N) is 2. The van der Waals surface area contributed by atoms with E-state index in [0.717, 1.165) is 0 Å². The Morgan fingerprint density at radius 2 is 0.610 bits per heavy atom. The Bertz CT molecular complexity index is 3050. The summed E-state index contributed by atoms with van der Waals surface area (Å²) in [4.78, 5) is 5.12. The SMILES string of the molecule is CC1(C)c2ccccc2N(c2cc3c4cc(N5c6ccccc6C(C)(C)c6ccccc65)c5ccccc5c4p(-c4ccccc4)c3c3ccccc23)c2ccccc21. The van der Waals surface area contributed by atoms with Crippen LogP contribution in [0.4, 0.5) is 34.1 Å². The minimum atomic E-state index is -0.909. The molecule has 0 radical (unpaired) electrons. The summed E-state index contributed by atoms with van der Waals surface area (Å²) < 4.78 is 0. The lowest BCUT2D eigenvalue weighted by molar-refractivity contribution is 0.632. The van der Waals surface area contributed by atoms with Crippen molar-refractivity contribution in [2.24, 2.45) is 0 Å². The number of hydrogen-bond donors (Lipinski definition) is 0. The van der Waals surface area contributed by atoms with E-state index in [1.807, 2.05) is 0 Å². The first-order chi connectivity index (χ1) is 28.8. The number of anilines is 6. The highest BCUT2D eigenvalue weighted by molar-refractivity contribution is 7.68. The van der Waals surface area contributed by atoms with E-state index in [-0.39, 0.29) is 10.8 Å². The van der Waals surface area contributed by atoms with Gasteiger partial charge in [-0.15, -0.1) is 0 Å². The molecule has 59 heavy (non-hydrogen) atoms. The summed E-state index contributed by atoms with van der Waals surface area (Å²) in [7, 11) is -0.909. The normalized spacial score (nSPS) is 15.0. The van der Waals surface area contributed by atoms with Gasteiger partial charge in [-0.3, -0.25) is 0 Å². The van der Waals surface area contributed by atoms with Crippen LogP contribution in [0.25, 0.3) is 47.9 Å². The molecule has 0 aliphatic carbocycles. The van der Waals surface area contributed by atoms with Crippen molar-refractivity contribution < 1.29 is 0 Å². The fraction of sp³-hybridized carbons (Fsp3) is 0.107. The maximum Gasteiger partial charge on any atom is 0.0547 e. The Labute approximate surface area is 346 Å². The first-order valence-electron chi connectivity index (χ1n) is 20.8. The topological polar surface area (TPSA) is 6.48 Å². The third-order valence-electron chi connectivity index (χ3n) is 13.5. The highest BCUT2D eigenvalue weighted by Crippen LogP contribution is 2.63. The van der Waals surface area contributed by atoms with E-state index < -0.39 is 7.53 Å². The molecule has 2 nitrogen and oxygen atoms in total. The molecule has 2 aliphatic rings. The third kappa shape index (κ3) is 4.70. The zero-order valence-electron chi connectivity index (χ0n) is 33.7. The van der Waals surface area contributed by atoms with Gasteiger partial charge in [-0.05, 0) is 85.5 Å². The minimum Gasteiger partial charge on any atom is -0.309 e. The van der Waals surface area contributed by atoms with Crippen LogP contribution in [0.1, 0.15) is 49.9 Å². The summed E-state index contributed by atoms with van der Waals surface area (Å²) in [5.74, 6) is 0. The van der Waals surface area contributed by atoms with E-state index in [4.69, 9.17) is 0 Å². The highest BCUT2D eigenvalue weighted by atomic mass is 31.1. The van der Waals surface area contributed by atoms with Crippen LogP contribution in [-0.2, 0) is 10.8 Å². The Balaban J connectivity index is 1.26. The molecule has 2 aliphatic heterocycles. The molecule has 0 N–H and O–H groups in total. The van der Waals surface area contributed by atoms with Crippen molar-refractivity contribution in [1.29, 1.82) is 0 Å². The predicted octanol–water partition coefficient (Wildman–Crippen LogP) is 16.5. The highest BCUT2D eigenvalue weighted by Gasteiger charge is 2.39. The molecule has 3 heterocycles. The van der Waals surface area contributed by atoms with Gasteiger partial charge in [0.15, 0.2) is 0 Å². The molecule has 0 unspecified atom stereocenters. The van der Waals surface area contributed by atoms with Crippen molar-refractivity contribution >= 4 is 84.2 Å². The fourth-order valence-corrected chi connectivity index (χ4v) is 13.7. The summed E-state index contributed by atoms with van der Waals surface area (Å²) in [6, 6.07) is 70.9. The van der Waals surface area contributed by atoms with Gasteiger partial charge in [0.2, 0.25) is 0 Å².